The van der Waals surface area contributed by atoms with Gasteiger partial charge in [-0.1, -0.05) is 72.8 Å². The first-order chi connectivity index (χ1) is 16.7. The summed E-state index contributed by atoms with van der Waals surface area (Å²) < 4.78 is 11.0. The Bertz CT molecular complexity index is 1110. The highest BCUT2D eigenvalue weighted by molar-refractivity contribution is 6.06. The van der Waals surface area contributed by atoms with Gasteiger partial charge in [-0.2, -0.15) is 0 Å². The molecule has 5 nitrogen and oxygen atoms in total. The van der Waals surface area contributed by atoms with Crippen LogP contribution in [0.1, 0.15) is 23.0 Å². The maximum Gasteiger partial charge on any atom is 0.234 e. The average Bonchev–Trinajstić information content (AvgIpc) is 3.15. The molecule has 0 radical (unpaired) electrons. The molecule has 0 aromatic heterocycles. The van der Waals surface area contributed by atoms with Crippen LogP contribution in [0.3, 0.4) is 0 Å². The van der Waals surface area contributed by atoms with E-state index < -0.39 is 11.8 Å². The smallest absolute Gasteiger partial charge is 0.234 e. The van der Waals surface area contributed by atoms with Crippen LogP contribution in [0.5, 0.6) is 11.5 Å². The number of benzene rings is 3. The van der Waals surface area contributed by atoms with Gasteiger partial charge in [-0.05, 0) is 35.4 Å². The van der Waals surface area contributed by atoms with Gasteiger partial charge in [0.1, 0.15) is 18.1 Å². The van der Waals surface area contributed by atoms with Gasteiger partial charge in [0.05, 0.1) is 25.5 Å². The lowest BCUT2D eigenvalue weighted by molar-refractivity contribution is -0.140. The Morgan fingerprint density at radius 1 is 0.676 bits per heavy atom. The summed E-state index contributed by atoms with van der Waals surface area (Å²) in [5, 5.41) is 0. The highest BCUT2D eigenvalue weighted by atomic mass is 16.5. The normalized spacial score (nSPS) is 23.6. The molecule has 1 heterocycles. The predicted molar refractivity (Wildman–Crippen MR) is 130 cm³/mol. The minimum absolute atomic E-state index is 0.118. The standard InChI is InChI=1S/C29H27NO4/c1-33-22-12-14-23(15-13-22)34-19-18-30-28(31)26-24(20-8-4-2-5-9-20)16-17-25(27(26)29(30)32)21-10-6-3-7-11-21/h2-17,24-27H,18-19H2,1H3/t24-,25+,26-,27-/m1/s1. The number of carbonyl (C=O) groups excluding carboxylic acids is 2. The fraction of sp³-hybridized carbons (Fsp3) is 0.241. The molecule has 0 N–H and O–H groups in total. The minimum atomic E-state index is -0.425. The monoisotopic (exact) mass is 453 g/mol. The quantitative estimate of drug-likeness (QED) is 0.381. The molecule has 1 aliphatic heterocycles. The van der Waals surface area contributed by atoms with E-state index in [0.717, 1.165) is 16.9 Å². The molecule has 0 spiro atoms. The molecule has 3 aromatic carbocycles. The molecule has 1 aliphatic carbocycles. The zero-order valence-corrected chi connectivity index (χ0v) is 19.0. The van der Waals surface area contributed by atoms with E-state index in [9.17, 15) is 9.59 Å². The van der Waals surface area contributed by atoms with Crippen LogP contribution >= 0.6 is 0 Å². The third-order valence-electron chi connectivity index (χ3n) is 6.80. The zero-order chi connectivity index (χ0) is 23.5. The molecule has 1 fully saturated rings. The molecule has 2 amide bonds. The van der Waals surface area contributed by atoms with Crippen molar-refractivity contribution in [3.05, 3.63) is 108 Å². The molecule has 2 aliphatic rings. The van der Waals surface area contributed by atoms with Gasteiger partial charge in [-0.25, -0.2) is 0 Å². The van der Waals surface area contributed by atoms with Crippen molar-refractivity contribution in [3.8, 4) is 11.5 Å². The number of hydrogen-bond acceptors (Lipinski definition) is 4. The number of methoxy groups -OCH3 is 1. The Hall–Kier alpha value is -3.86. The van der Waals surface area contributed by atoms with Crippen LogP contribution in [0.25, 0.3) is 0 Å². The first-order valence-electron chi connectivity index (χ1n) is 11.6. The summed E-state index contributed by atoms with van der Waals surface area (Å²) in [6.45, 7) is 0.461. The van der Waals surface area contributed by atoms with Crippen molar-refractivity contribution in [2.24, 2.45) is 11.8 Å². The number of hydrogen-bond donors (Lipinski definition) is 0. The molecule has 4 atom stereocenters. The Labute approximate surface area is 199 Å². The number of imide groups is 1. The van der Waals surface area contributed by atoms with Crippen LogP contribution in [-0.2, 0) is 9.59 Å². The van der Waals surface area contributed by atoms with E-state index in [0.29, 0.717) is 5.75 Å². The topological polar surface area (TPSA) is 55.8 Å². The molecule has 0 saturated carbocycles. The predicted octanol–water partition coefficient (Wildman–Crippen LogP) is 4.81. The van der Waals surface area contributed by atoms with E-state index in [1.807, 2.05) is 84.9 Å². The summed E-state index contributed by atoms with van der Waals surface area (Å²) in [6.07, 6.45) is 4.22. The molecule has 3 aromatic rings. The summed E-state index contributed by atoms with van der Waals surface area (Å²) in [5.41, 5.74) is 2.11. The second kappa shape index (κ2) is 9.56. The van der Waals surface area contributed by atoms with Crippen molar-refractivity contribution in [2.75, 3.05) is 20.3 Å². The fourth-order valence-electron chi connectivity index (χ4n) is 5.14. The van der Waals surface area contributed by atoms with Gasteiger partial charge in [0.25, 0.3) is 0 Å². The van der Waals surface area contributed by atoms with E-state index >= 15 is 0 Å². The van der Waals surface area contributed by atoms with E-state index in [-0.39, 0.29) is 36.8 Å². The molecular weight excluding hydrogens is 426 g/mol. The van der Waals surface area contributed by atoms with Crippen molar-refractivity contribution in [2.45, 2.75) is 11.8 Å². The number of ether oxygens (including phenoxy) is 2. The van der Waals surface area contributed by atoms with E-state index in [4.69, 9.17) is 9.47 Å². The second-order valence-corrected chi connectivity index (χ2v) is 8.66. The average molecular weight is 454 g/mol. The number of amides is 2. The minimum Gasteiger partial charge on any atom is -0.497 e. The number of rotatable bonds is 7. The van der Waals surface area contributed by atoms with Crippen LogP contribution in [0.2, 0.25) is 0 Å². The third kappa shape index (κ3) is 4.10. The first kappa shape index (κ1) is 22.0. The Kier molecular flexibility index (Phi) is 6.17. The number of fused-ring (bicyclic) bond motifs is 1. The van der Waals surface area contributed by atoms with E-state index in [1.165, 1.54) is 4.90 Å². The highest BCUT2D eigenvalue weighted by Crippen LogP contribution is 2.49. The van der Waals surface area contributed by atoms with Crippen LogP contribution in [0.4, 0.5) is 0 Å². The van der Waals surface area contributed by atoms with Gasteiger partial charge in [-0.3, -0.25) is 14.5 Å². The zero-order valence-electron chi connectivity index (χ0n) is 19.0. The third-order valence-corrected chi connectivity index (χ3v) is 6.80. The van der Waals surface area contributed by atoms with Gasteiger partial charge < -0.3 is 9.47 Å². The highest BCUT2D eigenvalue weighted by Gasteiger charge is 2.54. The van der Waals surface area contributed by atoms with Gasteiger partial charge in [0.2, 0.25) is 11.8 Å². The van der Waals surface area contributed by atoms with Crippen molar-refractivity contribution in [3.63, 3.8) is 0 Å². The Balaban J connectivity index is 1.39. The number of nitrogens with zero attached hydrogens (tertiary/aromatic N) is 1. The molecular formula is C29H27NO4. The maximum atomic E-state index is 13.6. The largest absolute Gasteiger partial charge is 0.497 e. The van der Waals surface area contributed by atoms with Crippen LogP contribution in [-0.4, -0.2) is 37.0 Å². The molecule has 5 heteroatoms. The van der Waals surface area contributed by atoms with Crippen LogP contribution < -0.4 is 9.47 Å². The molecule has 0 bridgehead atoms. The molecule has 0 unspecified atom stereocenters. The molecule has 5 rings (SSSR count). The fourth-order valence-corrected chi connectivity index (χ4v) is 5.14. The summed E-state index contributed by atoms with van der Waals surface area (Å²) in [4.78, 5) is 28.7. The van der Waals surface area contributed by atoms with E-state index in [1.54, 1.807) is 7.11 Å². The number of likely N-dealkylation sites (tertiary alicyclic amines) is 1. The SMILES string of the molecule is COc1ccc(OCCN2C(=O)[C@H]3[C@H](C2=O)[C@H](c2ccccc2)C=C[C@@H]3c2ccccc2)cc1. The molecule has 1 saturated heterocycles. The lowest BCUT2D eigenvalue weighted by Crippen LogP contribution is -2.35. The van der Waals surface area contributed by atoms with Crippen molar-refractivity contribution in [1.29, 1.82) is 0 Å². The van der Waals surface area contributed by atoms with Crippen LogP contribution in [0.15, 0.2) is 97.1 Å². The Morgan fingerprint density at radius 2 is 1.15 bits per heavy atom. The molecule has 34 heavy (non-hydrogen) atoms. The Morgan fingerprint density at radius 3 is 1.62 bits per heavy atom. The summed E-state index contributed by atoms with van der Waals surface area (Å²) in [5.74, 6) is 0.0680. The molecule has 172 valence electrons. The number of carbonyl (C=O) groups is 2. The van der Waals surface area contributed by atoms with E-state index in [2.05, 4.69) is 12.2 Å². The maximum absolute atomic E-state index is 13.6. The van der Waals surface area contributed by atoms with Gasteiger partial charge in [0.15, 0.2) is 0 Å². The van der Waals surface area contributed by atoms with Gasteiger partial charge in [0, 0.05) is 11.8 Å². The lowest BCUT2D eigenvalue weighted by atomic mass is 9.68. The first-order valence-corrected chi connectivity index (χ1v) is 11.6. The van der Waals surface area contributed by atoms with Gasteiger partial charge >= 0.3 is 0 Å². The van der Waals surface area contributed by atoms with Crippen LogP contribution in [0, 0.1) is 11.8 Å². The lowest BCUT2D eigenvalue weighted by Gasteiger charge is -2.32. The van der Waals surface area contributed by atoms with Gasteiger partial charge in [-0.15, -0.1) is 0 Å². The summed E-state index contributed by atoms with van der Waals surface area (Å²) >= 11 is 0. The summed E-state index contributed by atoms with van der Waals surface area (Å²) in [7, 11) is 1.61. The second-order valence-electron chi connectivity index (χ2n) is 8.66. The number of allylic oxidation sites excluding steroid dienone is 2. The van der Waals surface area contributed by atoms with Crippen molar-refractivity contribution >= 4 is 11.8 Å². The summed E-state index contributed by atoms with van der Waals surface area (Å²) in [6, 6.07) is 27.2. The van der Waals surface area contributed by atoms with Crippen molar-refractivity contribution < 1.29 is 19.1 Å². The van der Waals surface area contributed by atoms with Crippen molar-refractivity contribution in [1.82, 2.24) is 4.90 Å².